The van der Waals surface area contributed by atoms with E-state index < -0.39 is 0 Å². The fraction of sp³-hybridized carbons (Fsp3) is 0.0800. The summed E-state index contributed by atoms with van der Waals surface area (Å²) in [5, 5.41) is 9.09. The Morgan fingerprint density at radius 1 is 0.886 bits per heavy atom. The molecule has 5 aromatic rings. The van der Waals surface area contributed by atoms with Crippen LogP contribution >= 0.6 is 11.6 Å². The Labute approximate surface area is 203 Å². The first-order valence-corrected chi connectivity index (χ1v) is 11.1. The topological polar surface area (TPSA) is 85.4 Å². The number of amides is 2. The minimum atomic E-state index is -0.361. The lowest BCUT2D eigenvalue weighted by atomic mass is 10.0. The van der Waals surface area contributed by atoms with Crippen molar-refractivity contribution >= 4 is 29.1 Å². The van der Waals surface area contributed by atoms with Gasteiger partial charge in [0.05, 0.1) is 29.6 Å². The van der Waals surface area contributed by atoms with Gasteiger partial charge in [0.15, 0.2) is 10.8 Å². The maximum atomic E-state index is 13.5. The summed E-state index contributed by atoms with van der Waals surface area (Å²) in [5.74, 6) is -1.06. The molecule has 0 radical (unpaired) electrons. The third-order valence-corrected chi connectivity index (χ3v) is 6.07. The molecule has 2 amide bonds. The van der Waals surface area contributed by atoms with Crippen molar-refractivity contribution in [2.24, 2.45) is 7.05 Å². The molecule has 8 nitrogen and oxygen atoms in total. The number of fused-ring (bicyclic) bond motifs is 2. The number of imide groups is 1. The molecular formula is C25H16ClFN6O2. The van der Waals surface area contributed by atoms with E-state index in [9.17, 15) is 14.0 Å². The van der Waals surface area contributed by atoms with Crippen molar-refractivity contribution in [1.29, 1.82) is 0 Å². The van der Waals surface area contributed by atoms with Gasteiger partial charge in [-0.05, 0) is 42.5 Å². The largest absolute Gasteiger partial charge is 0.275 e. The zero-order valence-corrected chi connectivity index (χ0v) is 19.1. The van der Waals surface area contributed by atoms with Gasteiger partial charge in [-0.25, -0.2) is 13.9 Å². The minimum Gasteiger partial charge on any atom is -0.275 e. The molecule has 2 aromatic carbocycles. The number of aromatic nitrogens is 5. The molecule has 0 N–H and O–H groups in total. The van der Waals surface area contributed by atoms with Crippen molar-refractivity contribution in [3.05, 3.63) is 94.8 Å². The van der Waals surface area contributed by atoms with E-state index in [-0.39, 0.29) is 29.3 Å². The van der Waals surface area contributed by atoms with Gasteiger partial charge >= 0.3 is 0 Å². The van der Waals surface area contributed by atoms with Crippen LogP contribution < -0.4 is 0 Å². The number of benzene rings is 2. The SMILES string of the molecule is Cn1cc(-c2cc(Cl)nn3cc(CN4C(=O)c5ccccc5C4=O)nc23)c(-c2ccc(F)cc2)n1. The van der Waals surface area contributed by atoms with Crippen LogP contribution in [0.15, 0.2) is 67.0 Å². The lowest BCUT2D eigenvalue weighted by Gasteiger charge is -2.11. The summed E-state index contributed by atoms with van der Waals surface area (Å²) < 4.78 is 16.7. The van der Waals surface area contributed by atoms with Crippen molar-refractivity contribution in [1.82, 2.24) is 29.3 Å². The maximum Gasteiger partial charge on any atom is 0.261 e. The highest BCUT2D eigenvalue weighted by atomic mass is 35.5. The van der Waals surface area contributed by atoms with E-state index in [1.165, 1.54) is 21.5 Å². The van der Waals surface area contributed by atoms with Crippen molar-refractivity contribution < 1.29 is 14.0 Å². The second-order valence-corrected chi connectivity index (χ2v) is 8.58. The van der Waals surface area contributed by atoms with Crippen LogP contribution in [-0.4, -0.2) is 41.1 Å². The highest BCUT2D eigenvalue weighted by Crippen LogP contribution is 2.34. The Balaban J connectivity index is 1.43. The second-order valence-electron chi connectivity index (χ2n) is 8.20. The lowest BCUT2D eigenvalue weighted by molar-refractivity contribution is 0.0640. The molecule has 0 saturated carbocycles. The first-order chi connectivity index (χ1) is 16.9. The average Bonchev–Trinajstić information content (AvgIpc) is 3.50. The standard InChI is InChI=1S/C25H16ClFN6O2/c1-31-13-20(22(30-31)14-6-8-15(27)9-7-14)19-10-21(26)29-33-12-16(28-23(19)33)11-32-24(34)17-4-2-3-5-18(17)25(32)35/h2-10,12-13H,11H2,1H3. The molecule has 10 heteroatoms. The molecule has 4 heterocycles. The molecule has 35 heavy (non-hydrogen) atoms. The molecule has 0 atom stereocenters. The van der Waals surface area contributed by atoms with Crippen LogP contribution in [-0.2, 0) is 13.6 Å². The number of carbonyl (C=O) groups is 2. The van der Waals surface area contributed by atoms with Crippen molar-refractivity contribution in [3.8, 4) is 22.4 Å². The number of hydrogen-bond acceptors (Lipinski definition) is 5. The van der Waals surface area contributed by atoms with Crippen LogP contribution in [0.25, 0.3) is 28.0 Å². The summed E-state index contributed by atoms with van der Waals surface area (Å²) in [6, 6.07) is 14.5. The van der Waals surface area contributed by atoms with Crippen LogP contribution in [0.3, 0.4) is 0 Å². The number of imidazole rings is 1. The van der Waals surface area contributed by atoms with Crippen molar-refractivity contribution in [2.45, 2.75) is 6.54 Å². The van der Waals surface area contributed by atoms with E-state index in [1.807, 2.05) is 6.20 Å². The summed E-state index contributed by atoms with van der Waals surface area (Å²) in [4.78, 5) is 31.4. The summed E-state index contributed by atoms with van der Waals surface area (Å²) in [6.07, 6.45) is 3.46. The summed E-state index contributed by atoms with van der Waals surface area (Å²) in [7, 11) is 1.79. The predicted octanol–water partition coefficient (Wildman–Crippen LogP) is 4.39. The molecular weight excluding hydrogens is 471 g/mol. The Morgan fingerprint density at radius 2 is 1.57 bits per heavy atom. The van der Waals surface area contributed by atoms with E-state index in [0.29, 0.717) is 33.7 Å². The number of aryl methyl sites for hydroxylation is 1. The van der Waals surface area contributed by atoms with E-state index in [0.717, 1.165) is 11.1 Å². The number of carbonyl (C=O) groups excluding carboxylic acids is 2. The molecule has 0 bridgehead atoms. The van der Waals surface area contributed by atoms with Gasteiger partial charge in [-0.2, -0.15) is 10.2 Å². The highest BCUT2D eigenvalue weighted by Gasteiger charge is 2.35. The first-order valence-electron chi connectivity index (χ1n) is 10.7. The summed E-state index contributed by atoms with van der Waals surface area (Å²) in [5.41, 5.74) is 4.45. The maximum absolute atomic E-state index is 13.5. The molecule has 0 unspecified atom stereocenters. The number of halogens is 2. The van der Waals surface area contributed by atoms with Gasteiger partial charge in [-0.3, -0.25) is 19.2 Å². The van der Waals surface area contributed by atoms with Crippen LogP contribution in [0.4, 0.5) is 4.39 Å². The van der Waals surface area contributed by atoms with E-state index >= 15 is 0 Å². The number of nitrogens with zero attached hydrogens (tertiary/aromatic N) is 6. The average molecular weight is 487 g/mol. The zero-order chi connectivity index (χ0) is 24.3. The van der Waals surface area contributed by atoms with Crippen LogP contribution in [0.1, 0.15) is 26.4 Å². The fourth-order valence-electron chi connectivity index (χ4n) is 4.32. The Morgan fingerprint density at radius 3 is 2.26 bits per heavy atom. The highest BCUT2D eigenvalue weighted by molar-refractivity contribution is 6.29. The second kappa shape index (κ2) is 7.85. The normalized spacial score (nSPS) is 13.2. The predicted molar refractivity (Wildman–Crippen MR) is 126 cm³/mol. The molecule has 0 fully saturated rings. The van der Waals surface area contributed by atoms with Gasteiger partial charge in [-0.15, -0.1) is 0 Å². The Bertz CT molecular complexity index is 1620. The van der Waals surface area contributed by atoms with Crippen LogP contribution in [0, 0.1) is 5.82 Å². The first kappa shape index (κ1) is 21.2. The van der Waals surface area contributed by atoms with Gasteiger partial charge in [-0.1, -0.05) is 23.7 Å². The molecule has 6 rings (SSSR count). The Hall–Kier alpha value is -4.37. The van der Waals surface area contributed by atoms with E-state index in [4.69, 9.17) is 11.6 Å². The van der Waals surface area contributed by atoms with Gasteiger partial charge in [0.1, 0.15) is 11.5 Å². The molecule has 0 aliphatic carbocycles. The third kappa shape index (κ3) is 3.48. The quantitative estimate of drug-likeness (QED) is 0.352. The monoisotopic (exact) mass is 486 g/mol. The van der Waals surface area contributed by atoms with Gasteiger partial charge < -0.3 is 0 Å². The number of rotatable bonds is 4. The van der Waals surface area contributed by atoms with E-state index in [1.54, 1.807) is 60.4 Å². The van der Waals surface area contributed by atoms with Gasteiger partial charge in [0.2, 0.25) is 0 Å². The number of hydrogen-bond donors (Lipinski definition) is 0. The van der Waals surface area contributed by atoms with Crippen LogP contribution in [0.2, 0.25) is 5.15 Å². The fourth-order valence-corrected chi connectivity index (χ4v) is 4.51. The molecule has 0 spiro atoms. The smallest absolute Gasteiger partial charge is 0.261 e. The zero-order valence-electron chi connectivity index (χ0n) is 18.3. The summed E-state index contributed by atoms with van der Waals surface area (Å²) in [6.45, 7) is -0.00930. The van der Waals surface area contributed by atoms with Crippen molar-refractivity contribution in [2.75, 3.05) is 0 Å². The molecule has 1 aliphatic heterocycles. The molecule has 172 valence electrons. The lowest BCUT2D eigenvalue weighted by Crippen LogP contribution is -2.29. The van der Waals surface area contributed by atoms with Gasteiger partial charge in [0, 0.05) is 29.9 Å². The van der Waals surface area contributed by atoms with Crippen molar-refractivity contribution in [3.63, 3.8) is 0 Å². The van der Waals surface area contributed by atoms with E-state index in [2.05, 4.69) is 15.2 Å². The summed E-state index contributed by atoms with van der Waals surface area (Å²) >= 11 is 6.33. The Kier molecular flexibility index (Phi) is 4.75. The minimum absolute atomic E-state index is 0.00930. The third-order valence-electron chi connectivity index (χ3n) is 5.88. The molecule has 3 aromatic heterocycles. The van der Waals surface area contributed by atoms with Gasteiger partial charge in [0.25, 0.3) is 11.8 Å². The molecule has 0 saturated heterocycles. The van der Waals surface area contributed by atoms with Crippen LogP contribution in [0.5, 0.6) is 0 Å². The molecule has 1 aliphatic rings.